The fourth-order valence-electron chi connectivity index (χ4n) is 3.29. The van der Waals surface area contributed by atoms with Crippen LogP contribution in [0.25, 0.3) is 16.7 Å². The van der Waals surface area contributed by atoms with Crippen molar-refractivity contribution < 1.29 is 32.5 Å². The Morgan fingerprint density at radius 2 is 1.40 bits per heavy atom. The largest absolute Gasteiger partial charge is 0.490 e. The topological polar surface area (TPSA) is 55.8 Å². The molecule has 4 nitrogen and oxygen atoms in total. The molecular weight excluding hydrogens is 457 g/mol. The van der Waals surface area contributed by atoms with Gasteiger partial charge in [0.05, 0.1) is 5.56 Å². The van der Waals surface area contributed by atoms with Gasteiger partial charge in [-0.3, -0.25) is 0 Å². The molecule has 3 rings (SSSR count). The van der Waals surface area contributed by atoms with Gasteiger partial charge < -0.3 is 14.6 Å². The number of hydrogen-bond donors (Lipinski definition) is 1. The van der Waals surface area contributed by atoms with Crippen LogP contribution in [0.15, 0.2) is 78.9 Å². The molecule has 35 heavy (non-hydrogen) atoms. The molecule has 0 aliphatic heterocycles. The van der Waals surface area contributed by atoms with Crippen LogP contribution < -0.4 is 9.47 Å². The van der Waals surface area contributed by atoms with Gasteiger partial charge >= 0.3 is 12.1 Å². The van der Waals surface area contributed by atoms with Crippen molar-refractivity contribution in [2.24, 2.45) is 0 Å². The zero-order chi connectivity index (χ0) is 25.6. The molecule has 1 N–H and O–H groups in total. The lowest BCUT2D eigenvalue weighted by atomic mass is 10.00. The van der Waals surface area contributed by atoms with Crippen molar-refractivity contribution in [3.63, 3.8) is 0 Å². The molecule has 0 saturated carbocycles. The number of hydrogen-bond acceptors (Lipinski definition) is 3. The second-order valence-electron chi connectivity index (χ2n) is 8.31. The van der Waals surface area contributed by atoms with Crippen LogP contribution in [0.1, 0.15) is 38.3 Å². The fraction of sp³-hybridized carbons (Fsp3) is 0.250. The Balaban J connectivity index is 1.58. The van der Waals surface area contributed by atoms with Gasteiger partial charge in [-0.25, -0.2) is 4.79 Å². The molecular formula is C28H27F3O4. The van der Waals surface area contributed by atoms with Crippen LogP contribution in [0.2, 0.25) is 0 Å². The average molecular weight is 485 g/mol. The summed E-state index contributed by atoms with van der Waals surface area (Å²) >= 11 is 0. The summed E-state index contributed by atoms with van der Waals surface area (Å²) in [5, 5.41) is 9.33. The van der Waals surface area contributed by atoms with Gasteiger partial charge in [0.1, 0.15) is 18.1 Å². The van der Waals surface area contributed by atoms with Crippen molar-refractivity contribution in [2.45, 2.75) is 39.0 Å². The molecule has 0 aromatic heterocycles. The molecule has 0 unspecified atom stereocenters. The molecule has 0 radical (unpaired) electrons. The van der Waals surface area contributed by atoms with Crippen molar-refractivity contribution in [1.29, 1.82) is 0 Å². The number of carboxylic acids is 1. The zero-order valence-corrected chi connectivity index (χ0v) is 19.7. The van der Waals surface area contributed by atoms with E-state index >= 15 is 0 Å². The maximum absolute atomic E-state index is 12.7. The molecule has 0 heterocycles. The van der Waals surface area contributed by atoms with Gasteiger partial charge in [-0.2, -0.15) is 13.2 Å². The predicted molar refractivity (Wildman–Crippen MR) is 129 cm³/mol. The van der Waals surface area contributed by atoms with Crippen molar-refractivity contribution in [1.82, 2.24) is 0 Å². The summed E-state index contributed by atoms with van der Waals surface area (Å²) in [6.45, 7) is 5.56. The molecule has 3 aromatic carbocycles. The van der Waals surface area contributed by atoms with Crippen LogP contribution in [-0.4, -0.2) is 23.3 Å². The standard InChI is InChI=1S/C28H27F3O4/c1-4-27(3,26(32)33)35-25-15-13-24(14-16-25)34-18-17-19(2)20-5-7-21(8-6-20)22-9-11-23(12-10-22)28(29,30)31/h5-17H,4,18H2,1-3H3,(H,32,33)/t27-/m0/s1. The molecule has 7 heteroatoms. The Labute approximate surface area is 202 Å². The second kappa shape index (κ2) is 10.7. The Morgan fingerprint density at radius 1 is 0.886 bits per heavy atom. The summed E-state index contributed by atoms with van der Waals surface area (Å²) < 4.78 is 49.6. The summed E-state index contributed by atoms with van der Waals surface area (Å²) in [5.41, 5.74) is 1.55. The number of carboxylic acid groups (broad SMARTS) is 1. The first-order valence-corrected chi connectivity index (χ1v) is 11.1. The number of allylic oxidation sites excluding steroid dienone is 1. The highest BCUT2D eigenvalue weighted by Gasteiger charge is 2.33. The SMILES string of the molecule is CC[C@](C)(Oc1ccc(OCC=C(C)c2ccc(-c3ccc(C(F)(F)F)cc3)cc2)cc1)C(=O)O. The van der Waals surface area contributed by atoms with E-state index in [1.54, 1.807) is 31.2 Å². The highest BCUT2D eigenvalue weighted by Crippen LogP contribution is 2.31. The minimum atomic E-state index is -4.35. The maximum Gasteiger partial charge on any atom is 0.416 e. The zero-order valence-electron chi connectivity index (χ0n) is 19.7. The van der Waals surface area contributed by atoms with Gasteiger partial charge in [-0.15, -0.1) is 0 Å². The summed E-state index contributed by atoms with van der Waals surface area (Å²) in [4.78, 5) is 11.4. The van der Waals surface area contributed by atoms with Gasteiger partial charge in [0.2, 0.25) is 5.60 Å². The number of carbonyl (C=O) groups is 1. The average Bonchev–Trinajstić information content (AvgIpc) is 2.84. The Hall–Kier alpha value is -3.74. The first-order valence-electron chi connectivity index (χ1n) is 11.1. The third-order valence-corrected chi connectivity index (χ3v) is 5.82. The number of ether oxygens (including phenoxy) is 2. The van der Waals surface area contributed by atoms with E-state index in [-0.39, 0.29) is 0 Å². The first-order chi connectivity index (χ1) is 16.5. The first kappa shape index (κ1) is 25.9. The van der Waals surface area contributed by atoms with E-state index in [0.29, 0.717) is 30.1 Å². The number of rotatable bonds is 9. The van der Waals surface area contributed by atoms with E-state index in [1.807, 2.05) is 37.3 Å². The smallest absolute Gasteiger partial charge is 0.416 e. The lowest BCUT2D eigenvalue weighted by Crippen LogP contribution is -2.40. The number of alkyl halides is 3. The molecule has 0 fully saturated rings. The van der Waals surface area contributed by atoms with Gasteiger partial charge in [-0.05, 0) is 85.0 Å². The normalized spacial score (nSPS) is 13.7. The quantitative estimate of drug-likeness (QED) is 0.342. The van der Waals surface area contributed by atoms with E-state index < -0.39 is 23.3 Å². The maximum atomic E-state index is 12.7. The fourth-order valence-corrected chi connectivity index (χ4v) is 3.29. The van der Waals surface area contributed by atoms with Crippen LogP contribution in [0.3, 0.4) is 0 Å². The lowest BCUT2D eigenvalue weighted by molar-refractivity contribution is -0.154. The molecule has 0 aliphatic carbocycles. The monoisotopic (exact) mass is 484 g/mol. The third kappa shape index (κ3) is 6.66. The molecule has 0 aliphatic rings. The molecule has 1 atom stereocenters. The van der Waals surface area contributed by atoms with Crippen LogP contribution in [0.4, 0.5) is 13.2 Å². The van der Waals surface area contributed by atoms with Gasteiger partial charge in [0, 0.05) is 0 Å². The highest BCUT2D eigenvalue weighted by molar-refractivity contribution is 5.77. The van der Waals surface area contributed by atoms with Gasteiger partial charge in [0.25, 0.3) is 0 Å². The van der Waals surface area contributed by atoms with Crippen LogP contribution in [-0.2, 0) is 11.0 Å². The minimum absolute atomic E-state index is 0.328. The Morgan fingerprint density at radius 3 is 1.89 bits per heavy atom. The molecule has 0 saturated heterocycles. The van der Waals surface area contributed by atoms with Crippen LogP contribution in [0, 0.1) is 0 Å². The molecule has 0 amide bonds. The van der Waals surface area contributed by atoms with Crippen molar-refractivity contribution in [3.05, 3.63) is 90.0 Å². The van der Waals surface area contributed by atoms with E-state index in [4.69, 9.17) is 9.47 Å². The molecule has 184 valence electrons. The van der Waals surface area contributed by atoms with E-state index in [1.165, 1.54) is 19.1 Å². The van der Waals surface area contributed by atoms with Crippen LogP contribution >= 0.6 is 0 Å². The minimum Gasteiger partial charge on any atom is -0.490 e. The molecule has 0 bridgehead atoms. The Kier molecular flexibility index (Phi) is 7.89. The molecule has 0 spiro atoms. The van der Waals surface area contributed by atoms with Crippen molar-refractivity contribution in [2.75, 3.05) is 6.61 Å². The van der Waals surface area contributed by atoms with E-state index in [0.717, 1.165) is 28.8 Å². The van der Waals surface area contributed by atoms with E-state index in [9.17, 15) is 23.1 Å². The number of halogens is 3. The summed E-state index contributed by atoms with van der Waals surface area (Å²) in [7, 11) is 0. The highest BCUT2D eigenvalue weighted by atomic mass is 19.4. The lowest BCUT2D eigenvalue weighted by Gasteiger charge is -2.24. The van der Waals surface area contributed by atoms with Gasteiger partial charge in [-0.1, -0.05) is 43.3 Å². The van der Waals surface area contributed by atoms with E-state index in [2.05, 4.69) is 0 Å². The van der Waals surface area contributed by atoms with Crippen molar-refractivity contribution in [3.8, 4) is 22.6 Å². The third-order valence-electron chi connectivity index (χ3n) is 5.82. The summed E-state index contributed by atoms with van der Waals surface area (Å²) in [6, 6.07) is 19.4. The second-order valence-corrected chi connectivity index (χ2v) is 8.31. The molecule has 3 aromatic rings. The van der Waals surface area contributed by atoms with Gasteiger partial charge in [0.15, 0.2) is 0 Å². The summed E-state index contributed by atoms with van der Waals surface area (Å²) in [6.07, 6.45) is -2.09. The number of aliphatic carboxylic acids is 1. The predicted octanol–water partition coefficient (Wildman–Crippen LogP) is 7.49. The van der Waals surface area contributed by atoms with Crippen LogP contribution in [0.5, 0.6) is 11.5 Å². The summed E-state index contributed by atoms with van der Waals surface area (Å²) in [5.74, 6) is 0.0462. The number of benzene rings is 3. The Bertz CT molecular complexity index is 1160. The van der Waals surface area contributed by atoms with Crippen molar-refractivity contribution >= 4 is 11.5 Å².